The van der Waals surface area contributed by atoms with Crippen LogP contribution in [0, 0.1) is 18.6 Å². The number of aromatic nitrogens is 3. The van der Waals surface area contributed by atoms with Gasteiger partial charge in [-0.3, -0.25) is 9.59 Å². The molecule has 3 aromatic heterocycles. The van der Waals surface area contributed by atoms with Crippen LogP contribution < -0.4 is 10.3 Å². The summed E-state index contributed by atoms with van der Waals surface area (Å²) in [4.78, 5) is 29.9. The summed E-state index contributed by atoms with van der Waals surface area (Å²) in [5, 5.41) is 4.39. The van der Waals surface area contributed by atoms with Gasteiger partial charge in [0.05, 0.1) is 4.88 Å². The van der Waals surface area contributed by atoms with E-state index >= 15 is 0 Å². The molecule has 0 atom stereocenters. The first-order valence-corrected chi connectivity index (χ1v) is 11.2. The molecule has 0 radical (unpaired) electrons. The molecule has 0 amide bonds. The number of pyridine rings is 1. The van der Waals surface area contributed by atoms with Gasteiger partial charge in [0.15, 0.2) is 23.2 Å². The van der Waals surface area contributed by atoms with Crippen molar-refractivity contribution in [3.8, 4) is 33.4 Å². The van der Waals surface area contributed by atoms with Crippen molar-refractivity contribution in [2.24, 2.45) is 7.05 Å². The van der Waals surface area contributed by atoms with Crippen molar-refractivity contribution in [1.29, 1.82) is 0 Å². The van der Waals surface area contributed by atoms with Crippen LogP contribution in [0.15, 0.2) is 58.0 Å². The number of thiophene rings is 1. The minimum Gasteiger partial charge on any atom is -0.454 e. The topological polar surface area (TPSA) is 87.2 Å². The minimum atomic E-state index is -0.873. The molecule has 10 heteroatoms. The second-order valence-electron chi connectivity index (χ2n) is 7.90. The Labute approximate surface area is 201 Å². The maximum Gasteiger partial charge on any atom is 0.268 e. The molecule has 35 heavy (non-hydrogen) atoms. The number of ether oxygens (including phenoxy) is 1. The lowest BCUT2D eigenvalue weighted by Gasteiger charge is -2.15. The summed E-state index contributed by atoms with van der Waals surface area (Å²) in [6.07, 6.45) is 1.62. The molecule has 0 fully saturated rings. The number of nitrogens with zero attached hydrogens (tertiary/aromatic N) is 3. The summed E-state index contributed by atoms with van der Waals surface area (Å²) in [7, 11) is 1.61. The summed E-state index contributed by atoms with van der Waals surface area (Å²) >= 11 is 1.20. The summed E-state index contributed by atoms with van der Waals surface area (Å²) in [5.41, 5.74) is 1.19. The molecule has 0 aliphatic rings. The number of hydrogen-bond acceptors (Lipinski definition) is 7. The first kappa shape index (κ1) is 22.6. The third kappa shape index (κ3) is 4.12. The molecule has 0 aliphatic carbocycles. The van der Waals surface area contributed by atoms with Gasteiger partial charge in [-0.15, -0.1) is 11.3 Å². The molecule has 3 heterocycles. The van der Waals surface area contributed by atoms with Gasteiger partial charge in [-0.1, -0.05) is 5.16 Å². The van der Waals surface area contributed by atoms with Crippen molar-refractivity contribution in [2.75, 3.05) is 0 Å². The van der Waals surface area contributed by atoms with Crippen molar-refractivity contribution in [2.45, 2.75) is 13.8 Å². The Kier molecular flexibility index (Phi) is 5.52. The number of ketones is 1. The number of Topliss-reactive ketones (excluding diaryl/α,β-unsaturated/α-hetero) is 1. The molecule has 0 saturated heterocycles. The molecule has 0 aliphatic heterocycles. The van der Waals surface area contributed by atoms with E-state index in [0.717, 1.165) is 12.1 Å². The Bertz CT molecular complexity index is 1690. The monoisotopic (exact) mass is 493 g/mol. The number of halogens is 2. The largest absolute Gasteiger partial charge is 0.454 e. The van der Waals surface area contributed by atoms with Crippen molar-refractivity contribution < 1.29 is 22.8 Å². The fourth-order valence-electron chi connectivity index (χ4n) is 3.67. The van der Waals surface area contributed by atoms with Crippen LogP contribution in [0.25, 0.3) is 32.0 Å². The molecule has 7 nitrogen and oxygen atoms in total. The van der Waals surface area contributed by atoms with Crippen LogP contribution in [0.2, 0.25) is 0 Å². The standard InChI is InChI=1S/C25H17F2N3O4S/c1-12(31)14-4-6-20(33-21-7-5-15(26)9-19(21)27)16(8-14)18-11-30(3)25(32)23-17(18)10-22(35-23)24-28-13(2)29-34-24/h4-11H,1-3H3. The van der Waals surface area contributed by atoms with Gasteiger partial charge in [0.1, 0.15) is 16.3 Å². The Balaban J connectivity index is 1.75. The molecule has 5 aromatic rings. The molecular weight excluding hydrogens is 476 g/mol. The van der Waals surface area contributed by atoms with E-state index in [-0.39, 0.29) is 28.7 Å². The Morgan fingerprint density at radius 2 is 1.86 bits per heavy atom. The number of carbonyl (C=O) groups excluding carboxylic acids is 1. The highest BCUT2D eigenvalue weighted by Gasteiger charge is 2.21. The van der Waals surface area contributed by atoms with Gasteiger partial charge in [0.2, 0.25) is 0 Å². The lowest BCUT2D eigenvalue weighted by molar-refractivity contribution is 0.101. The van der Waals surface area contributed by atoms with E-state index in [9.17, 15) is 18.4 Å². The summed E-state index contributed by atoms with van der Waals surface area (Å²) in [6.45, 7) is 3.12. The number of hydrogen-bond donors (Lipinski definition) is 0. The number of carbonyl (C=O) groups is 1. The first-order chi connectivity index (χ1) is 16.7. The third-order valence-corrected chi connectivity index (χ3v) is 6.50. The van der Waals surface area contributed by atoms with E-state index in [1.54, 1.807) is 44.4 Å². The molecule has 5 rings (SSSR count). The van der Waals surface area contributed by atoms with Gasteiger partial charge in [0.25, 0.3) is 11.4 Å². The average Bonchev–Trinajstić information content (AvgIpc) is 3.45. The number of rotatable bonds is 5. The average molecular weight is 493 g/mol. The molecule has 0 N–H and O–H groups in total. The smallest absolute Gasteiger partial charge is 0.268 e. The van der Waals surface area contributed by atoms with Gasteiger partial charge in [-0.2, -0.15) is 4.98 Å². The van der Waals surface area contributed by atoms with Crippen molar-refractivity contribution in [3.63, 3.8) is 0 Å². The SMILES string of the molecule is CC(=O)c1ccc(Oc2ccc(F)cc2F)c(-c2cn(C)c(=O)c3sc(-c4nc(C)no4)cc23)c1. The maximum absolute atomic E-state index is 14.4. The summed E-state index contributed by atoms with van der Waals surface area (Å²) in [6, 6.07) is 9.47. The van der Waals surface area contributed by atoms with Gasteiger partial charge < -0.3 is 13.8 Å². The normalized spacial score (nSPS) is 11.2. The van der Waals surface area contributed by atoms with Crippen LogP contribution >= 0.6 is 11.3 Å². The van der Waals surface area contributed by atoms with E-state index in [1.165, 1.54) is 28.9 Å². The highest BCUT2D eigenvalue weighted by Crippen LogP contribution is 2.41. The van der Waals surface area contributed by atoms with Crippen LogP contribution in [-0.2, 0) is 7.05 Å². The Morgan fingerprint density at radius 3 is 2.54 bits per heavy atom. The van der Waals surface area contributed by atoms with E-state index in [0.29, 0.717) is 37.5 Å². The van der Waals surface area contributed by atoms with E-state index in [1.807, 2.05) is 0 Å². The predicted molar refractivity (Wildman–Crippen MR) is 127 cm³/mol. The van der Waals surface area contributed by atoms with Crippen molar-refractivity contribution >= 4 is 27.2 Å². The predicted octanol–water partition coefficient (Wildman–Crippen LogP) is 5.90. The number of fused-ring (bicyclic) bond motifs is 1. The molecular formula is C25H17F2N3O4S. The zero-order chi connectivity index (χ0) is 24.9. The van der Waals surface area contributed by atoms with Gasteiger partial charge >= 0.3 is 0 Å². The molecule has 0 saturated carbocycles. The van der Waals surface area contributed by atoms with E-state index in [2.05, 4.69) is 10.1 Å². The van der Waals surface area contributed by atoms with Gasteiger partial charge in [-0.25, -0.2) is 8.78 Å². The molecule has 0 unspecified atom stereocenters. The third-order valence-electron chi connectivity index (χ3n) is 5.39. The van der Waals surface area contributed by atoms with Crippen molar-refractivity contribution in [1.82, 2.24) is 14.7 Å². The van der Waals surface area contributed by atoms with Crippen LogP contribution in [0.5, 0.6) is 11.5 Å². The highest BCUT2D eigenvalue weighted by atomic mass is 32.1. The summed E-state index contributed by atoms with van der Waals surface area (Å²) < 4.78 is 40.7. The van der Waals surface area contributed by atoms with E-state index < -0.39 is 11.6 Å². The first-order valence-electron chi connectivity index (χ1n) is 10.4. The van der Waals surface area contributed by atoms with Gasteiger partial charge in [-0.05, 0) is 50.2 Å². The van der Waals surface area contributed by atoms with Crippen LogP contribution in [-0.4, -0.2) is 20.5 Å². The molecule has 0 spiro atoms. The zero-order valence-corrected chi connectivity index (χ0v) is 19.6. The van der Waals surface area contributed by atoms with E-state index in [4.69, 9.17) is 9.26 Å². The number of benzene rings is 2. The van der Waals surface area contributed by atoms with Crippen LogP contribution in [0.3, 0.4) is 0 Å². The van der Waals surface area contributed by atoms with Crippen LogP contribution in [0.1, 0.15) is 23.1 Å². The second kappa shape index (κ2) is 8.55. The second-order valence-corrected chi connectivity index (χ2v) is 8.96. The molecule has 2 aromatic carbocycles. The molecule has 176 valence electrons. The Hall–Kier alpha value is -4.18. The quantitative estimate of drug-likeness (QED) is 0.283. The van der Waals surface area contributed by atoms with Crippen LogP contribution in [0.4, 0.5) is 8.78 Å². The van der Waals surface area contributed by atoms with Crippen molar-refractivity contribution in [3.05, 3.63) is 82.0 Å². The highest BCUT2D eigenvalue weighted by molar-refractivity contribution is 7.22. The minimum absolute atomic E-state index is 0.181. The lowest BCUT2D eigenvalue weighted by Crippen LogP contribution is -2.15. The Morgan fingerprint density at radius 1 is 1.09 bits per heavy atom. The lowest BCUT2D eigenvalue weighted by atomic mass is 9.99. The number of aryl methyl sites for hydroxylation is 2. The summed E-state index contributed by atoms with van der Waals surface area (Å²) in [5.74, 6) is -1.01. The maximum atomic E-state index is 14.4. The molecule has 0 bridgehead atoms. The fraction of sp³-hybridized carbons (Fsp3) is 0.120. The fourth-order valence-corrected chi connectivity index (χ4v) is 4.75. The zero-order valence-electron chi connectivity index (χ0n) is 18.8. The van der Waals surface area contributed by atoms with Gasteiger partial charge in [0, 0.05) is 41.4 Å².